The largest absolute Gasteiger partial charge is 0.312 e. The molecule has 0 saturated carbocycles. The minimum Gasteiger partial charge on any atom is -0.312 e. The number of nitrogens with zero attached hydrogens (tertiary/aromatic N) is 1. The third-order valence-electron chi connectivity index (χ3n) is 3.43. The Balaban J connectivity index is 0.00000162. The van der Waals surface area contributed by atoms with Crippen molar-refractivity contribution in [1.29, 1.82) is 0 Å². The molecule has 18 heavy (non-hydrogen) atoms. The van der Waals surface area contributed by atoms with Crippen LogP contribution in [-0.2, 0) is 13.0 Å². The fourth-order valence-corrected chi connectivity index (χ4v) is 2.49. The molecular formula is C14H22ClFN2. The second-order valence-corrected chi connectivity index (χ2v) is 4.82. The Morgan fingerprint density at radius 2 is 2.22 bits per heavy atom. The van der Waals surface area contributed by atoms with Crippen LogP contribution >= 0.6 is 12.4 Å². The molecule has 1 N–H and O–H groups in total. The van der Waals surface area contributed by atoms with Crippen molar-refractivity contribution in [2.75, 3.05) is 19.6 Å². The van der Waals surface area contributed by atoms with Gasteiger partial charge in [-0.1, -0.05) is 19.1 Å². The van der Waals surface area contributed by atoms with E-state index in [4.69, 9.17) is 0 Å². The van der Waals surface area contributed by atoms with E-state index in [9.17, 15) is 4.39 Å². The van der Waals surface area contributed by atoms with Gasteiger partial charge in [0.05, 0.1) is 0 Å². The fraction of sp³-hybridized carbons (Fsp3) is 0.571. The second-order valence-electron chi connectivity index (χ2n) is 4.82. The second kappa shape index (κ2) is 7.07. The number of aryl methyl sites for hydroxylation is 1. The summed E-state index contributed by atoms with van der Waals surface area (Å²) in [4.78, 5) is 2.33. The van der Waals surface area contributed by atoms with Crippen LogP contribution in [0.2, 0.25) is 0 Å². The minimum absolute atomic E-state index is 0. The van der Waals surface area contributed by atoms with Gasteiger partial charge >= 0.3 is 0 Å². The first-order valence-electron chi connectivity index (χ1n) is 6.42. The molecule has 1 heterocycles. The van der Waals surface area contributed by atoms with Crippen molar-refractivity contribution >= 4 is 12.4 Å². The van der Waals surface area contributed by atoms with Crippen LogP contribution in [0.3, 0.4) is 0 Å². The first kappa shape index (κ1) is 15.4. The quantitative estimate of drug-likeness (QED) is 0.910. The van der Waals surface area contributed by atoms with Gasteiger partial charge in [0.1, 0.15) is 5.82 Å². The SMILES string of the molecule is CCc1cccc(F)c1CN1CCNC(C)C1.Cl. The Morgan fingerprint density at radius 1 is 1.44 bits per heavy atom. The minimum atomic E-state index is -0.0597. The molecule has 1 fully saturated rings. The average molecular weight is 273 g/mol. The van der Waals surface area contributed by atoms with Crippen molar-refractivity contribution in [3.63, 3.8) is 0 Å². The Hall–Kier alpha value is -0.640. The van der Waals surface area contributed by atoms with E-state index in [1.165, 1.54) is 0 Å². The molecule has 1 unspecified atom stereocenters. The predicted octanol–water partition coefficient (Wildman–Crippen LogP) is 2.60. The van der Waals surface area contributed by atoms with Crippen LogP contribution in [-0.4, -0.2) is 30.6 Å². The molecule has 1 aromatic carbocycles. The van der Waals surface area contributed by atoms with Gasteiger partial charge in [0.2, 0.25) is 0 Å². The van der Waals surface area contributed by atoms with E-state index in [0.717, 1.165) is 43.7 Å². The molecule has 2 nitrogen and oxygen atoms in total. The highest BCUT2D eigenvalue weighted by molar-refractivity contribution is 5.85. The maximum atomic E-state index is 13.8. The van der Waals surface area contributed by atoms with Crippen molar-refractivity contribution in [1.82, 2.24) is 10.2 Å². The van der Waals surface area contributed by atoms with Crippen molar-refractivity contribution in [3.05, 3.63) is 35.1 Å². The maximum absolute atomic E-state index is 13.8. The van der Waals surface area contributed by atoms with E-state index in [1.54, 1.807) is 12.1 Å². The molecule has 1 atom stereocenters. The summed E-state index contributed by atoms with van der Waals surface area (Å²) in [6, 6.07) is 5.91. The van der Waals surface area contributed by atoms with Crippen molar-refractivity contribution in [2.24, 2.45) is 0 Å². The van der Waals surface area contributed by atoms with Crippen LogP contribution in [0.1, 0.15) is 25.0 Å². The smallest absolute Gasteiger partial charge is 0.127 e. The zero-order valence-electron chi connectivity index (χ0n) is 11.1. The maximum Gasteiger partial charge on any atom is 0.127 e. The van der Waals surface area contributed by atoms with Crippen LogP contribution in [0.5, 0.6) is 0 Å². The third-order valence-corrected chi connectivity index (χ3v) is 3.43. The Labute approximate surface area is 115 Å². The molecule has 0 amide bonds. The number of nitrogens with one attached hydrogen (secondary N) is 1. The molecular weight excluding hydrogens is 251 g/mol. The van der Waals surface area contributed by atoms with Gasteiger partial charge in [-0.2, -0.15) is 0 Å². The molecule has 0 aromatic heterocycles. The van der Waals surface area contributed by atoms with Gasteiger partial charge in [0, 0.05) is 37.8 Å². The molecule has 0 radical (unpaired) electrons. The van der Waals surface area contributed by atoms with Crippen LogP contribution in [0.15, 0.2) is 18.2 Å². The first-order valence-corrected chi connectivity index (χ1v) is 6.42. The van der Waals surface area contributed by atoms with Crippen LogP contribution in [0.25, 0.3) is 0 Å². The summed E-state index contributed by atoms with van der Waals surface area (Å²) in [5, 5.41) is 3.41. The summed E-state index contributed by atoms with van der Waals surface area (Å²) in [6.07, 6.45) is 0.898. The van der Waals surface area contributed by atoms with Gasteiger partial charge in [0.15, 0.2) is 0 Å². The summed E-state index contributed by atoms with van der Waals surface area (Å²) in [7, 11) is 0. The lowest BCUT2D eigenvalue weighted by Gasteiger charge is -2.32. The molecule has 4 heteroatoms. The number of benzene rings is 1. The van der Waals surface area contributed by atoms with Gasteiger partial charge in [-0.3, -0.25) is 4.90 Å². The van der Waals surface area contributed by atoms with Crippen molar-refractivity contribution < 1.29 is 4.39 Å². The van der Waals surface area contributed by atoms with Crippen LogP contribution in [0.4, 0.5) is 4.39 Å². The molecule has 2 rings (SSSR count). The number of halogens is 2. The Bertz CT molecular complexity index is 384. The van der Waals surface area contributed by atoms with Crippen LogP contribution in [0, 0.1) is 5.82 Å². The average Bonchev–Trinajstić information content (AvgIpc) is 2.32. The standard InChI is InChI=1S/C14H21FN2.ClH/c1-3-12-5-4-6-14(15)13(12)10-17-8-7-16-11(2)9-17;/h4-6,11,16H,3,7-10H2,1-2H3;1H. The van der Waals surface area contributed by atoms with Gasteiger partial charge < -0.3 is 5.32 Å². The highest BCUT2D eigenvalue weighted by atomic mass is 35.5. The van der Waals surface area contributed by atoms with Gasteiger partial charge in [-0.15, -0.1) is 12.4 Å². The summed E-state index contributed by atoms with van der Waals surface area (Å²) in [5.41, 5.74) is 2.01. The lowest BCUT2D eigenvalue weighted by molar-refractivity contribution is 0.197. The number of hydrogen-bond donors (Lipinski definition) is 1. The highest BCUT2D eigenvalue weighted by Gasteiger charge is 2.18. The molecule has 1 saturated heterocycles. The lowest BCUT2D eigenvalue weighted by atomic mass is 10.0. The first-order chi connectivity index (χ1) is 8.20. The number of rotatable bonds is 3. The Morgan fingerprint density at radius 3 is 2.89 bits per heavy atom. The summed E-state index contributed by atoms with van der Waals surface area (Å²) in [5.74, 6) is -0.0597. The van der Waals surface area contributed by atoms with Gasteiger partial charge in [-0.25, -0.2) is 4.39 Å². The van der Waals surface area contributed by atoms with E-state index in [0.29, 0.717) is 6.04 Å². The van der Waals surface area contributed by atoms with Gasteiger partial charge in [-0.05, 0) is 25.0 Å². The van der Waals surface area contributed by atoms with E-state index in [-0.39, 0.29) is 18.2 Å². The predicted molar refractivity (Wildman–Crippen MR) is 75.8 cm³/mol. The monoisotopic (exact) mass is 272 g/mol. The third kappa shape index (κ3) is 3.67. The summed E-state index contributed by atoms with van der Waals surface area (Å²) in [6.45, 7) is 7.99. The normalized spacial score (nSPS) is 20.5. The molecule has 102 valence electrons. The van der Waals surface area contributed by atoms with Gasteiger partial charge in [0.25, 0.3) is 0 Å². The van der Waals surface area contributed by atoms with E-state index in [1.807, 2.05) is 6.07 Å². The fourth-order valence-electron chi connectivity index (χ4n) is 2.49. The summed E-state index contributed by atoms with van der Waals surface area (Å²) < 4.78 is 13.8. The van der Waals surface area contributed by atoms with Crippen LogP contribution < -0.4 is 5.32 Å². The molecule has 0 aliphatic carbocycles. The molecule has 1 aliphatic rings. The van der Waals surface area contributed by atoms with Crippen molar-refractivity contribution in [2.45, 2.75) is 32.9 Å². The topological polar surface area (TPSA) is 15.3 Å². The van der Waals surface area contributed by atoms with Crippen molar-refractivity contribution in [3.8, 4) is 0 Å². The Kier molecular flexibility index (Phi) is 6.06. The number of hydrogen-bond acceptors (Lipinski definition) is 2. The van der Waals surface area contributed by atoms with E-state index < -0.39 is 0 Å². The van der Waals surface area contributed by atoms with E-state index in [2.05, 4.69) is 24.1 Å². The zero-order chi connectivity index (χ0) is 12.3. The molecule has 1 aromatic rings. The molecule has 1 aliphatic heterocycles. The molecule has 0 spiro atoms. The summed E-state index contributed by atoms with van der Waals surface area (Å²) >= 11 is 0. The zero-order valence-corrected chi connectivity index (χ0v) is 11.9. The molecule has 0 bridgehead atoms. The highest BCUT2D eigenvalue weighted by Crippen LogP contribution is 2.17. The van der Waals surface area contributed by atoms with E-state index >= 15 is 0 Å². The number of piperazine rings is 1. The lowest BCUT2D eigenvalue weighted by Crippen LogP contribution is -2.48.